The van der Waals surface area contributed by atoms with Gasteiger partial charge in [-0.15, -0.1) is 0 Å². The molecule has 0 radical (unpaired) electrons. The number of halogens is 1. The molecule has 0 saturated carbocycles. The Hall–Kier alpha value is -1.16. The molecule has 2 heterocycles. The Balaban J connectivity index is 1.61. The van der Waals surface area contributed by atoms with Gasteiger partial charge in [-0.05, 0) is 31.5 Å². The lowest BCUT2D eigenvalue weighted by Crippen LogP contribution is -2.43. The fraction of sp³-hybridized carbons (Fsp3) is 0.438. The van der Waals surface area contributed by atoms with Gasteiger partial charge in [-0.3, -0.25) is 4.98 Å². The lowest BCUT2D eigenvalue weighted by molar-refractivity contribution is 0.238. The highest BCUT2D eigenvalue weighted by molar-refractivity contribution is 6.35. The van der Waals surface area contributed by atoms with Crippen LogP contribution in [0.4, 0.5) is 0 Å². The second kappa shape index (κ2) is 6.53. The second-order valence-electron chi connectivity index (χ2n) is 5.31. The van der Waals surface area contributed by atoms with E-state index in [1.165, 1.54) is 0 Å². The van der Waals surface area contributed by atoms with E-state index in [4.69, 9.17) is 16.6 Å². The molecule has 1 N–H and O–H groups in total. The molecular formula is C16H20ClN3. The first kappa shape index (κ1) is 13.8. The van der Waals surface area contributed by atoms with Gasteiger partial charge >= 0.3 is 0 Å². The third kappa shape index (κ3) is 3.29. The van der Waals surface area contributed by atoms with Crippen LogP contribution in [0.15, 0.2) is 30.3 Å². The third-order valence-corrected chi connectivity index (χ3v) is 4.15. The number of fused-ring (bicyclic) bond motifs is 1. The van der Waals surface area contributed by atoms with Gasteiger partial charge in [0.15, 0.2) is 0 Å². The van der Waals surface area contributed by atoms with Crippen LogP contribution in [0.1, 0.15) is 12.1 Å². The van der Waals surface area contributed by atoms with Gasteiger partial charge in [0.25, 0.3) is 0 Å². The van der Waals surface area contributed by atoms with Gasteiger partial charge < -0.3 is 10.2 Å². The molecule has 0 spiro atoms. The van der Waals surface area contributed by atoms with Crippen molar-refractivity contribution in [3.05, 3.63) is 41.0 Å². The standard InChI is InChI=1S/C16H20ClN3/c17-15-5-1-3-13-6-7-14(19-16(13)15)4-2-10-20-11-8-18-9-12-20/h1,3,5-7,18H,2,4,8-12H2. The molecule has 0 aliphatic carbocycles. The maximum absolute atomic E-state index is 6.21. The summed E-state index contributed by atoms with van der Waals surface area (Å²) in [4.78, 5) is 7.21. The third-order valence-electron chi connectivity index (χ3n) is 3.85. The molecule has 1 fully saturated rings. The Bertz CT molecular complexity index is 579. The normalized spacial score (nSPS) is 16.6. The minimum absolute atomic E-state index is 0.742. The van der Waals surface area contributed by atoms with Gasteiger partial charge in [0.2, 0.25) is 0 Å². The van der Waals surface area contributed by atoms with Crippen molar-refractivity contribution in [3.63, 3.8) is 0 Å². The molecule has 1 saturated heterocycles. The highest BCUT2D eigenvalue weighted by Gasteiger charge is 2.09. The first-order valence-corrected chi connectivity index (χ1v) is 7.68. The average Bonchev–Trinajstić information content (AvgIpc) is 2.49. The van der Waals surface area contributed by atoms with Gasteiger partial charge in [-0.1, -0.05) is 29.8 Å². The fourth-order valence-corrected chi connectivity index (χ4v) is 2.93. The summed E-state index contributed by atoms with van der Waals surface area (Å²) < 4.78 is 0. The van der Waals surface area contributed by atoms with Crippen LogP contribution in [0.3, 0.4) is 0 Å². The van der Waals surface area contributed by atoms with Crippen LogP contribution in [0.25, 0.3) is 10.9 Å². The Kier molecular flexibility index (Phi) is 4.51. The second-order valence-corrected chi connectivity index (χ2v) is 5.72. The van der Waals surface area contributed by atoms with E-state index in [2.05, 4.69) is 28.4 Å². The maximum atomic E-state index is 6.21. The van der Waals surface area contributed by atoms with E-state index in [9.17, 15) is 0 Å². The summed E-state index contributed by atoms with van der Waals surface area (Å²) in [6, 6.07) is 10.2. The molecule has 1 aromatic carbocycles. The van der Waals surface area contributed by atoms with Gasteiger partial charge in [-0.2, -0.15) is 0 Å². The van der Waals surface area contributed by atoms with Crippen molar-refractivity contribution >= 4 is 22.5 Å². The molecule has 0 atom stereocenters. The zero-order valence-corrected chi connectivity index (χ0v) is 12.4. The van der Waals surface area contributed by atoms with Gasteiger partial charge in [0.1, 0.15) is 0 Å². The van der Waals surface area contributed by atoms with E-state index in [-0.39, 0.29) is 0 Å². The molecule has 1 aromatic heterocycles. The van der Waals surface area contributed by atoms with Crippen molar-refractivity contribution in [2.75, 3.05) is 32.7 Å². The lowest BCUT2D eigenvalue weighted by Gasteiger charge is -2.26. The number of nitrogens with one attached hydrogen (secondary N) is 1. The molecule has 20 heavy (non-hydrogen) atoms. The van der Waals surface area contributed by atoms with Gasteiger partial charge in [0, 0.05) is 37.3 Å². The summed E-state index contributed by atoms with van der Waals surface area (Å²) in [6.45, 7) is 5.71. The van der Waals surface area contributed by atoms with E-state index < -0.39 is 0 Å². The number of piperazine rings is 1. The molecular weight excluding hydrogens is 270 g/mol. The first-order valence-electron chi connectivity index (χ1n) is 7.30. The first-order chi connectivity index (χ1) is 9.83. The number of hydrogen-bond donors (Lipinski definition) is 1. The van der Waals surface area contributed by atoms with E-state index in [0.717, 1.165) is 67.2 Å². The molecule has 106 valence electrons. The van der Waals surface area contributed by atoms with Crippen LogP contribution in [-0.4, -0.2) is 42.6 Å². The Morgan fingerprint density at radius 1 is 1.15 bits per heavy atom. The zero-order chi connectivity index (χ0) is 13.8. The molecule has 0 amide bonds. The predicted molar refractivity (Wildman–Crippen MR) is 84.4 cm³/mol. The Morgan fingerprint density at radius 2 is 2.00 bits per heavy atom. The summed E-state index contributed by atoms with van der Waals surface area (Å²) >= 11 is 6.21. The average molecular weight is 290 g/mol. The van der Waals surface area contributed by atoms with E-state index >= 15 is 0 Å². The quantitative estimate of drug-likeness (QED) is 0.938. The fourth-order valence-electron chi connectivity index (χ4n) is 2.71. The SMILES string of the molecule is Clc1cccc2ccc(CCCN3CCNCC3)nc12. The van der Waals surface area contributed by atoms with Crippen molar-refractivity contribution in [2.24, 2.45) is 0 Å². The molecule has 1 aliphatic heterocycles. The van der Waals surface area contributed by atoms with Crippen LogP contribution < -0.4 is 5.32 Å². The van der Waals surface area contributed by atoms with Crippen molar-refractivity contribution in [1.29, 1.82) is 0 Å². The molecule has 2 aromatic rings. The highest BCUT2D eigenvalue weighted by Crippen LogP contribution is 2.21. The van der Waals surface area contributed by atoms with Gasteiger partial charge in [0.05, 0.1) is 10.5 Å². The highest BCUT2D eigenvalue weighted by atomic mass is 35.5. The van der Waals surface area contributed by atoms with E-state index in [1.54, 1.807) is 0 Å². The van der Waals surface area contributed by atoms with Crippen LogP contribution in [0.5, 0.6) is 0 Å². The minimum Gasteiger partial charge on any atom is -0.314 e. The minimum atomic E-state index is 0.742. The number of hydrogen-bond acceptors (Lipinski definition) is 3. The Morgan fingerprint density at radius 3 is 2.85 bits per heavy atom. The number of pyridine rings is 1. The van der Waals surface area contributed by atoms with E-state index in [1.807, 2.05) is 12.1 Å². The predicted octanol–water partition coefficient (Wildman–Crippen LogP) is 2.73. The molecule has 3 nitrogen and oxygen atoms in total. The lowest BCUT2D eigenvalue weighted by atomic mass is 10.1. The molecule has 4 heteroatoms. The van der Waals surface area contributed by atoms with Crippen molar-refractivity contribution < 1.29 is 0 Å². The van der Waals surface area contributed by atoms with Crippen molar-refractivity contribution in [1.82, 2.24) is 15.2 Å². The van der Waals surface area contributed by atoms with Crippen LogP contribution in [0.2, 0.25) is 5.02 Å². The zero-order valence-electron chi connectivity index (χ0n) is 11.6. The number of nitrogens with zero attached hydrogens (tertiary/aromatic N) is 2. The number of para-hydroxylation sites is 1. The van der Waals surface area contributed by atoms with Crippen molar-refractivity contribution in [2.45, 2.75) is 12.8 Å². The molecule has 1 aliphatic rings. The summed E-state index contributed by atoms with van der Waals surface area (Å²) in [5, 5.41) is 5.24. The van der Waals surface area contributed by atoms with E-state index in [0.29, 0.717) is 0 Å². The number of rotatable bonds is 4. The number of benzene rings is 1. The van der Waals surface area contributed by atoms with Gasteiger partial charge in [-0.25, -0.2) is 0 Å². The monoisotopic (exact) mass is 289 g/mol. The summed E-state index contributed by atoms with van der Waals surface area (Å²) in [6.07, 6.45) is 2.17. The summed E-state index contributed by atoms with van der Waals surface area (Å²) in [7, 11) is 0. The maximum Gasteiger partial charge on any atom is 0.0891 e. The Labute approximate surface area is 124 Å². The largest absolute Gasteiger partial charge is 0.314 e. The van der Waals surface area contributed by atoms with Crippen molar-refractivity contribution in [3.8, 4) is 0 Å². The van der Waals surface area contributed by atoms with Crippen LogP contribution in [0, 0.1) is 0 Å². The molecule has 0 unspecified atom stereocenters. The molecule has 0 bridgehead atoms. The number of aromatic nitrogens is 1. The smallest absolute Gasteiger partial charge is 0.0891 e. The number of aryl methyl sites for hydroxylation is 1. The van der Waals surface area contributed by atoms with Crippen LogP contribution in [-0.2, 0) is 6.42 Å². The summed E-state index contributed by atoms with van der Waals surface area (Å²) in [5.74, 6) is 0. The van der Waals surface area contributed by atoms with Crippen LogP contribution >= 0.6 is 11.6 Å². The summed E-state index contributed by atoms with van der Waals surface area (Å²) in [5.41, 5.74) is 2.06. The topological polar surface area (TPSA) is 28.2 Å². The molecule has 3 rings (SSSR count).